The molecule has 5 heteroatoms. The summed E-state index contributed by atoms with van der Waals surface area (Å²) < 4.78 is 0. The van der Waals surface area contributed by atoms with Crippen LogP contribution < -0.4 is 11.1 Å². The molecule has 0 saturated carbocycles. The summed E-state index contributed by atoms with van der Waals surface area (Å²) in [5, 5.41) is 3.59. The fraction of sp³-hybridized carbons (Fsp3) is 0.429. The largest absolute Gasteiger partial charge is 0.378 e. The Morgan fingerprint density at radius 3 is 3.42 bits per heavy atom. The summed E-state index contributed by atoms with van der Waals surface area (Å²) >= 11 is 1.80. The van der Waals surface area contributed by atoms with Crippen LogP contribution in [0.4, 0.5) is 0 Å². The van der Waals surface area contributed by atoms with E-state index in [1.807, 2.05) is 0 Å². The van der Waals surface area contributed by atoms with Crippen molar-refractivity contribution in [1.29, 1.82) is 0 Å². The van der Waals surface area contributed by atoms with Crippen LogP contribution in [0.1, 0.15) is 0 Å². The van der Waals surface area contributed by atoms with Gasteiger partial charge in [-0.3, -0.25) is 9.79 Å². The lowest BCUT2D eigenvalue weighted by atomic mass is 10.2. The summed E-state index contributed by atoms with van der Waals surface area (Å²) in [4.78, 5) is 14.8. The molecule has 64 valence electrons. The number of amides is 1. The van der Waals surface area contributed by atoms with Crippen LogP contribution in [-0.2, 0) is 4.79 Å². The molecule has 0 bridgehead atoms. The normalized spacial score (nSPS) is 26.8. The van der Waals surface area contributed by atoms with Gasteiger partial charge in [-0.2, -0.15) is 0 Å². The number of carbonyl (C=O) groups is 1. The minimum Gasteiger partial charge on any atom is -0.378 e. The highest BCUT2D eigenvalue weighted by atomic mass is 32.2. The molecule has 0 aromatic heterocycles. The summed E-state index contributed by atoms with van der Waals surface area (Å²) in [5.41, 5.74) is 6.57. The SMILES string of the molecule is NC(=O)C1=NCC2SCNC2=C1. The van der Waals surface area contributed by atoms with Gasteiger partial charge in [0.15, 0.2) is 0 Å². The van der Waals surface area contributed by atoms with Gasteiger partial charge in [0.2, 0.25) is 0 Å². The predicted octanol–water partition coefficient (Wildman–Crippen LogP) is -0.527. The number of fused-ring (bicyclic) bond motifs is 1. The van der Waals surface area contributed by atoms with E-state index in [0.29, 0.717) is 17.5 Å². The number of nitrogens with zero attached hydrogens (tertiary/aromatic N) is 1. The van der Waals surface area contributed by atoms with Crippen LogP contribution in [0.25, 0.3) is 0 Å². The van der Waals surface area contributed by atoms with E-state index in [9.17, 15) is 4.79 Å². The topological polar surface area (TPSA) is 67.5 Å². The molecule has 0 aromatic carbocycles. The number of nitrogens with two attached hydrogens (primary N) is 1. The fourth-order valence-corrected chi connectivity index (χ4v) is 2.21. The van der Waals surface area contributed by atoms with Crippen molar-refractivity contribution in [3.63, 3.8) is 0 Å². The molecule has 3 N–H and O–H groups in total. The lowest BCUT2D eigenvalue weighted by Crippen LogP contribution is -2.28. The third-order valence-electron chi connectivity index (χ3n) is 1.88. The molecule has 1 saturated heterocycles. The first-order valence-corrected chi connectivity index (χ1v) is 4.73. The van der Waals surface area contributed by atoms with E-state index >= 15 is 0 Å². The van der Waals surface area contributed by atoms with Crippen molar-refractivity contribution in [2.75, 3.05) is 12.4 Å². The molecule has 1 fully saturated rings. The second-order valence-corrected chi connectivity index (χ2v) is 3.86. The van der Waals surface area contributed by atoms with Gasteiger partial charge in [0.05, 0.1) is 17.7 Å². The Kier molecular flexibility index (Phi) is 1.80. The van der Waals surface area contributed by atoms with Gasteiger partial charge in [-0.1, -0.05) is 0 Å². The number of nitrogens with one attached hydrogen (secondary N) is 1. The monoisotopic (exact) mass is 183 g/mol. The van der Waals surface area contributed by atoms with Crippen molar-refractivity contribution in [2.45, 2.75) is 5.25 Å². The number of rotatable bonds is 1. The Hall–Kier alpha value is -0.970. The third-order valence-corrected chi connectivity index (χ3v) is 3.00. The maximum atomic E-state index is 10.8. The molecule has 2 rings (SSSR count). The molecule has 2 aliphatic rings. The van der Waals surface area contributed by atoms with Crippen LogP contribution in [0, 0.1) is 0 Å². The molecule has 0 radical (unpaired) electrons. The Labute approximate surface area is 74.3 Å². The van der Waals surface area contributed by atoms with Gasteiger partial charge in [-0.25, -0.2) is 0 Å². The minimum absolute atomic E-state index is 0.385. The number of primary amides is 1. The second kappa shape index (κ2) is 2.82. The summed E-state index contributed by atoms with van der Waals surface area (Å²) in [6, 6.07) is 0. The van der Waals surface area contributed by atoms with E-state index in [0.717, 1.165) is 11.6 Å². The van der Waals surface area contributed by atoms with E-state index < -0.39 is 5.91 Å². The molecule has 0 spiro atoms. The molecule has 4 nitrogen and oxygen atoms in total. The predicted molar refractivity (Wildman–Crippen MR) is 49.0 cm³/mol. The Balaban J connectivity index is 2.22. The number of thioether (sulfide) groups is 1. The van der Waals surface area contributed by atoms with E-state index in [2.05, 4.69) is 10.3 Å². The summed E-state index contributed by atoms with van der Waals surface area (Å²) in [6.45, 7) is 0.668. The number of aliphatic imine (C=N–C) groups is 1. The Morgan fingerprint density at radius 2 is 2.67 bits per heavy atom. The van der Waals surface area contributed by atoms with Crippen LogP contribution >= 0.6 is 11.8 Å². The van der Waals surface area contributed by atoms with Crippen molar-refractivity contribution in [2.24, 2.45) is 10.7 Å². The van der Waals surface area contributed by atoms with Gasteiger partial charge in [-0.05, 0) is 6.08 Å². The number of carbonyl (C=O) groups excluding carboxylic acids is 1. The zero-order chi connectivity index (χ0) is 8.55. The maximum Gasteiger partial charge on any atom is 0.266 e. The molecule has 12 heavy (non-hydrogen) atoms. The van der Waals surface area contributed by atoms with Crippen LogP contribution in [0.5, 0.6) is 0 Å². The first kappa shape index (κ1) is 7.67. The van der Waals surface area contributed by atoms with Crippen LogP contribution in [0.2, 0.25) is 0 Å². The maximum absolute atomic E-state index is 10.8. The van der Waals surface area contributed by atoms with Gasteiger partial charge < -0.3 is 11.1 Å². The Bertz CT molecular complexity index is 284. The number of hydrogen-bond acceptors (Lipinski definition) is 4. The lowest BCUT2D eigenvalue weighted by Gasteiger charge is -2.12. The van der Waals surface area contributed by atoms with Crippen LogP contribution in [-0.4, -0.2) is 29.3 Å². The average Bonchev–Trinajstić information content (AvgIpc) is 2.49. The van der Waals surface area contributed by atoms with Gasteiger partial charge in [0.25, 0.3) is 5.91 Å². The van der Waals surface area contributed by atoms with Crippen molar-refractivity contribution < 1.29 is 4.79 Å². The van der Waals surface area contributed by atoms with E-state index in [-0.39, 0.29) is 0 Å². The van der Waals surface area contributed by atoms with E-state index in [1.165, 1.54) is 0 Å². The van der Waals surface area contributed by atoms with Crippen molar-refractivity contribution in [3.8, 4) is 0 Å². The zero-order valence-electron chi connectivity index (χ0n) is 6.41. The molecule has 1 atom stereocenters. The first-order valence-electron chi connectivity index (χ1n) is 3.68. The summed E-state index contributed by atoms with van der Waals surface area (Å²) in [5.74, 6) is 0.456. The second-order valence-electron chi connectivity index (χ2n) is 2.67. The summed E-state index contributed by atoms with van der Waals surface area (Å²) in [6.07, 6.45) is 1.75. The molecular weight excluding hydrogens is 174 g/mol. The third kappa shape index (κ3) is 1.20. The average molecular weight is 183 g/mol. The summed E-state index contributed by atoms with van der Waals surface area (Å²) in [7, 11) is 0. The quantitative estimate of drug-likeness (QED) is 0.574. The van der Waals surface area contributed by atoms with Gasteiger partial charge in [-0.15, -0.1) is 11.8 Å². The van der Waals surface area contributed by atoms with Crippen molar-refractivity contribution in [3.05, 3.63) is 11.8 Å². The fourth-order valence-electron chi connectivity index (χ4n) is 1.25. The number of hydrogen-bond donors (Lipinski definition) is 2. The molecule has 2 heterocycles. The van der Waals surface area contributed by atoms with E-state index in [1.54, 1.807) is 17.8 Å². The first-order chi connectivity index (χ1) is 5.77. The van der Waals surface area contributed by atoms with Crippen molar-refractivity contribution >= 4 is 23.4 Å². The lowest BCUT2D eigenvalue weighted by molar-refractivity contribution is -0.111. The highest BCUT2D eigenvalue weighted by Crippen LogP contribution is 2.26. The van der Waals surface area contributed by atoms with Crippen LogP contribution in [0.3, 0.4) is 0 Å². The highest BCUT2D eigenvalue weighted by molar-refractivity contribution is 8.00. The Morgan fingerprint density at radius 1 is 1.83 bits per heavy atom. The smallest absolute Gasteiger partial charge is 0.266 e. The van der Waals surface area contributed by atoms with E-state index in [4.69, 9.17) is 5.73 Å². The molecular formula is C7H9N3OS. The molecule has 0 aliphatic carbocycles. The molecule has 2 aliphatic heterocycles. The minimum atomic E-state index is -0.445. The molecule has 1 amide bonds. The van der Waals surface area contributed by atoms with Gasteiger partial charge >= 0.3 is 0 Å². The zero-order valence-corrected chi connectivity index (χ0v) is 7.23. The van der Waals surface area contributed by atoms with Crippen LogP contribution in [0.15, 0.2) is 16.8 Å². The standard InChI is InChI=1S/C7H9N3OS/c8-7(11)5-1-4-6(2-9-5)12-3-10-4/h1,6,10H,2-3H2,(H2,8,11). The highest BCUT2D eigenvalue weighted by Gasteiger charge is 2.25. The molecule has 0 aromatic rings. The van der Waals surface area contributed by atoms with Gasteiger partial charge in [0.1, 0.15) is 5.71 Å². The number of dihydropyridines is 1. The van der Waals surface area contributed by atoms with Gasteiger partial charge in [0, 0.05) is 5.70 Å². The molecule has 1 unspecified atom stereocenters. The van der Waals surface area contributed by atoms with Crippen molar-refractivity contribution in [1.82, 2.24) is 5.32 Å².